The molecule has 18 heavy (non-hydrogen) atoms. The van der Waals surface area contributed by atoms with E-state index in [4.69, 9.17) is 0 Å². The van der Waals surface area contributed by atoms with Crippen LogP contribution < -0.4 is 10.0 Å². The van der Waals surface area contributed by atoms with Crippen LogP contribution in [0.1, 0.15) is 12.5 Å². The lowest BCUT2D eigenvalue weighted by Gasteiger charge is -2.08. The minimum Gasteiger partial charge on any atom is -0.316 e. The van der Waals surface area contributed by atoms with Gasteiger partial charge >= 0.3 is 0 Å². The lowest BCUT2D eigenvalue weighted by atomic mass is 10.2. The fourth-order valence-corrected chi connectivity index (χ4v) is 3.31. The van der Waals surface area contributed by atoms with Crippen molar-refractivity contribution in [2.75, 3.05) is 19.6 Å². The van der Waals surface area contributed by atoms with E-state index in [1.807, 2.05) is 19.9 Å². The van der Waals surface area contributed by atoms with Crippen molar-refractivity contribution in [3.8, 4) is 0 Å². The number of aryl methyl sites for hydroxylation is 1. The number of rotatable bonds is 6. The zero-order valence-electron chi connectivity index (χ0n) is 10.4. The molecule has 0 aliphatic rings. The first-order valence-corrected chi connectivity index (χ1v) is 7.71. The summed E-state index contributed by atoms with van der Waals surface area (Å²) in [7, 11) is -3.41. The second-order valence-corrected chi connectivity index (χ2v) is 6.40. The summed E-state index contributed by atoms with van der Waals surface area (Å²) in [5.74, 6) is 0. The van der Waals surface area contributed by atoms with Gasteiger partial charge in [-0.05, 0) is 37.2 Å². The predicted octanol–water partition coefficient (Wildman–Crippen LogP) is 2.07. The van der Waals surface area contributed by atoms with Crippen LogP contribution in [0.3, 0.4) is 0 Å². The summed E-state index contributed by atoms with van der Waals surface area (Å²) in [6.07, 6.45) is 0. The lowest BCUT2D eigenvalue weighted by molar-refractivity contribution is 0.577. The molecule has 1 aromatic carbocycles. The van der Waals surface area contributed by atoms with Crippen LogP contribution in [0.15, 0.2) is 27.6 Å². The van der Waals surface area contributed by atoms with Crippen molar-refractivity contribution in [3.63, 3.8) is 0 Å². The van der Waals surface area contributed by atoms with Gasteiger partial charge in [0.1, 0.15) is 0 Å². The van der Waals surface area contributed by atoms with Crippen LogP contribution in [0.5, 0.6) is 0 Å². The zero-order chi connectivity index (χ0) is 12.9. The van der Waals surface area contributed by atoms with E-state index in [-0.39, 0.29) is 12.4 Å². The van der Waals surface area contributed by atoms with Crippen molar-refractivity contribution >= 4 is 38.4 Å². The van der Waals surface area contributed by atoms with Gasteiger partial charge < -0.3 is 5.32 Å². The predicted molar refractivity (Wildman–Crippen MR) is 79.9 cm³/mol. The summed E-state index contributed by atoms with van der Waals surface area (Å²) in [6, 6.07) is 5.13. The van der Waals surface area contributed by atoms with Crippen molar-refractivity contribution in [2.45, 2.75) is 18.7 Å². The van der Waals surface area contributed by atoms with Gasteiger partial charge in [-0.25, -0.2) is 13.1 Å². The second kappa shape index (κ2) is 8.12. The number of halogens is 2. The molecule has 0 saturated heterocycles. The molecule has 0 aromatic heterocycles. The molecule has 0 radical (unpaired) electrons. The summed E-state index contributed by atoms with van der Waals surface area (Å²) < 4.78 is 27.2. The molecule has 0 saturated carbocycles. The molecular weight excluding hydrogens is 340 g/mol. The number of hydrogen-bond acceptors (Lipinski definition) is 3. The maximum absolute atomic E-state index is 11.9. The largest absolute Gasteiger partial charge is 0.316 e. The molecule has 104 valence electrons. The Morgan fingerprint density at radius 2 is 1.89 bits per heavy atom. The number of sulfonamides is 1. The fourth-order valence-electron chi connectivity index (χ4n) is 1.39. The summed E-state index contributed by atoms with van der Waals surface area (Å²) in [6.45, 7) is 5.69. The maximum Gasteiger partial charge on any atom is 0.240 e. The van der Waals surface area contributed by atoms with Gasteiger partial charge in [0, 0.05) is 17.6 Å². The molecule has 4 nitrogen and oxygen atoms in total. The van der Waals surface area contributed by atoms with Gasteiger partial charge in [0.2, 0.25) is 10.0 Å². The van der Waals surface area contributed by atoms with E-state index in [1.54, 1.807) is 12.1 Å². The third-order valence-corrected chi connectivity index (χ3v) is 4.07. The van der Waals surface area contributed by atoms with Crippen molar-refractivity contribution < 1.29 is 8.42 Å². The first kappa shape index (κ1) is 17.9. The molecule has 0 aliphatic carbocycles. The quantitative estimate of drug-likeness (QED) is 0.766. The van der Waals surface area contributed by atoms with E-state index in [0.717, 1.165) is 16.6 Å². The molecule has 0 unspecified atom stereocenters. The summed E-state index contributed by atoms with van der Waals surface area (Å²) in [5.41, 5.74) is 0.909. The highest BCUT2D eigenvalue weighted by Gasteiger charge is 2.13. The Hall–Kier alpha value is -0.140. The SMILES string of the molecule is CCNCCNS(=O)(=O)c1cc(C)cc(Br)c1.Cl. The normalized spacial score (nSPS) is 11.1. The Balaban J connectivity index is 0.00000289. The Morgan fingerprint density at radius 1 is 1.22 bits per heavy atom. The van der Waals surface area contributed by atoms with Gasteiger partial charge in [0.15, 0.2) is 0 Å². The highest BCUT2D eigenvalue weighted by Crippen LogP contribution is 2.18. The van der Waals surface area contributed by atoms with E-state index in [9.17, 15) is 8.42 Å². The molecule has 0 heterocycles. The van der Waals surface area contributed by atoms with Crippen LogP contribution in [0.4, 0.5) is 0 Å². The maximum atomic E-state index is 11.9. The number of likely N-dealkylation sites (N-methyl/N-ethyl adjacent to an activating group) is 1. The average Bonchev–Trinajstić information content (AvgIpc) is 2.23. The molecule has 1 aromatic rings. The van der Waals surface area contributed by atoms with Crippen molar-refractivity contribution in [1.29, 1.82) is 0 Å². The zero-order valence-corrected chi connectivity index (χ0v) is 13.6. The monoisotopic (exact) mass is 356 g/mol. The molecule has 1 rings (SSSR count). The highest BCUT2D eigenvalue weighted by atomic mass is 79.9. The van der Waals surface area contributed by atoms with Gasteiger partial charge in [0.05, 0.1) is 4.90 Å². The number of benzene rings is 1. The van der Waals surface area contributed by atoms with E-state index in [1.165, 1.54) is 0 Å². The van der Waals surface area contributed by atoms with Crippen LogP contribution in [0.25, 0.3) is 0 Å². The van der Waals surface area contributed by atoms with Crippen LogP contribution in [0, 0.1) is 6.92 Å². The fraction of sp³-hybridized carbons (Fsp3) is 0.455. The molecule has 7 heteroatoms. The van der Waals surface area contributed by atoms with Gasteiger partial charge in [-0.1, -0.05) is 22.9 Å². The standard InChI is InChI=1S/C11H17BrN2O2S.ClH/c1-3-13-4-5-14-17(15,16)11-7-9(2)6-10(12)8-11;/h6-8,13-14H,3-5H2,1-2H3;1H. The van der Waals surface area contributed by atoms with Crippen LogP contribution in [-0.4, -0.2) is 28.1 Å². The van der Waals surface area contributed by atoms with E-state index < -0.39 is 10.0 Å². The van der Waals surface area contributed by atoms with Gasteiger partial charge in [-0.2, -0.15) is 0 Å². The smallest absolute Gasteiger partial charge is 0.240 e. The van der Waals surface area contributed by atoms with Crippen LogP contribution in [0.2, 0.25) is 0 Å². The van der Waals surface area contributed by atoms with Crippen molar-refractivity contribution in [2.24, 2.45) is 0 Å². The minimum atomic E-state index is -3.41. The topological polar surface area (TPSA) is 58.2 Å². The first-order chi connectivity index (χ1) is 7.95. The minimum absolute atomic E-state index is 0. The summed E-state index contributed by atoms with van der Waals surface area (Å²) >= 11 is 3.29. The molecule has 0 spiro atoms. The van der Waals surface area contributed by atoms with E-state index in [2.05, 4.69) is 26.0 Å². The molecule has 0 bridgehead atoms. The Labute approximate surface area is 123 Å². The van der Waals surface area contributed by atoms with Gasteiger partial charge in [-0.3, -0.25) is 0 Å². The third-order valence-electron chi connectivity index (χ3n) is 2.17. The molecule has 0 aliphatic heterocycles. The third kappa shape index (κ3) is 5.67. The summed E-state index contributed by atoms with van der Waals surface area (Å²) in [5, 5.41) is 3.06. The van der Waals surface area contributed by atoms with E-state index in [0.29, 0.717) is 18.0 Å². The van der Waals surface area contributed by atoms with Crippen molar-refractivity contribution in [1.82, 2.24) is 10.0 Å². The second-order valence-electron chi connectivity index (χ2n) is 3.72. The average molecular weight is 358 g/mol. The number of hydrogen-bond donors (Lipinski definition) is 2. The first-order valence-electron chi connectivity index (χ1n) is 5.43. The van der Waals surface area contributed by atoms with Crippen molar-refractivity contribution in [3.05, 3.63) is 28.2 Å². The Kier molecular flexibility index (Phi) is 8.05. The molecule has 0 amide bonds. The number of nitrogens with one attached hydrogen (secondary N) is 2. The van der Waals surface area contributed by atoms with Crippen LogP contribution in [-0.2, 0) is 10.0 Å². The molecule has 0 fully saturated rings. The molecular formula is C11H18BrClN2O2S. The van der Waals surface area contributed by atoms with Crippen LogP contribution >= 0.6 is 28.3 Å². The Bertz CT molecular complexity index is 460. The lowest BCUT2D eigenvalue weighted by Crippen LogP contribution is -2.31. The van der Waals surface area contributed by atoms with Gasteiger partial charge in [-0.15, -0.1) is 12.4 Å². The molecule has 2 N–H and O–H groups in total. The molecule has 0 atom stereocenters. The highest BCUT2D eigenvalue weighted by molar-refractivity contribution is 9.10. The summed E-state index contributed by atoms with van der Waals surface area (Å²) in [4.78, 5) is 0.292. The van der Waals surface area contributed by atoms with E-state index >= 15 is 0 Å². The Morgan fingerprint density at radius 3 is 2.44 bits per heavy atom. The van der Waals surface area contributed by atoms with Gasteiger partial charge in [0.25, 0.3) is 0 Å².